The van der Waals surface area contributed by atoms with E-state index in [1.54, 1.807) is 6.92 Å². The number of rotatable bonds is 7. The molecule has 0 radical (unpaired) electrons. The molecule has 0 amide bonds. The minimum absolute atomic E-state index is 0.0667. The molecule has 0 aromatic heterocycles. The number of fused-ring (bicyclic) bond motifs is 9. The van der Waals surface area contributed by atoms with Crippen LogP contribution >= 0.6 is 0 Å². The molecular formula is C46H75NO13. The van der Waals surface area contributed by atoms with Crippen molar-refractivity contribution in [2.45, 2.75) is 210 Å². The number of piperidine rings is 1. The molecule has 4 saturated carbocycles. The number of allylic oxidation sites excluding steroid dienone is 1. The van der Waals surface area contributed by atoms with E-state index in [2.05, 4.69) is 38.7 Å². The van der Waals surface area contributed by atoms with Crippen molar-refractivity contribution in [3.05, 3.63) is 11.6 Å². The average molecular weight is 850 g/mol. The van der Waals surface area contributed by atoms with Crippen LogP contribution in [0.1, 0.15) is 106 Å². The minimum Gasteiger partial charge on any atom is -0.396 e. The first kappa shape index (κ1) is 44.4. The smallest absolute Gasteiger partial charge is 0.187 e. The molecule has 5 aliphatic carbocycles. The highest BCUT2D eigenvalue weighted by atomic mass is 16.7. The van der Waals surface area contributed by atoms with Gasteiger partial charge in [-0.2, -0.15) is 0 Å². The van der Waals surface area contributed by atoms with Gasteiger partial charge in [0.2, 0.25) is 0 Å². The van der Waals surface area contributed by atoms with Crippen molar-refractivity contribution in [3.8, 4) is 0 Å². The molecule has 14 heteroatoms. The van der Waals surface area contributed by atoms with Crippen LogP contribution in [0.2, 0.25) is 0 Å². The lowest BCUT2D eigenvalue weighted by atomic mass is 9.47. The molecule has 4 heterocycles. The van der Waals surface area contributed by atoms with Gasteiger partial charge in [-0.15, -0.1) is 0 Å². The van der Waals surface area contributed by atoms with Crippen LogP contribution in [0.5, 0.6) is 0 Å². The van der Waals surface area contributed by atoms with E-state index < -0.39 is 98.4 Å². The van der Waals surface area contributed by atoms with Gasteiger partial charge in [-0.05, 0) is 124 Å². The van der Waals surface area contributed by atoms with E-state index in [1.165, 1.54) is 51.1 Å². The quantitative estimate of drug-likeness (QED) is 0.172. The first-order valence-electron chi connectivity index (χ1n) is 23.6. The molecule has 0 bridgehead atoms. The summed E-state index contributed by atoms with van der Waals surface area (Å²) in [5.41, 5.74) is 1.89. The first-order chi connectivity index (χ1) is 28.5. The summed E-state index contributed by atoms with van der Waals surface area (Å²) in [4.78, 5) is 2.96. The second kappa shape index (κ2) is 16.6. The van der Waals surface area contributed by atoms with Crippen molar-refractivity contribution < 1.29 is 64.5 Å². The van der Waals surface area contributed by atoms with Crippen LogP contribution < -0.4 is 0 Å². The third-order valence-electron chi connectivity index (χ3n) is 18.5. The van der Waals surface area contributed by atoms with Crippen LogP contribution in [-0.2, 0) is 23.7 Å². The highest BCUT2D eigenvalue weighted by molar-refractivity contribution is 5.27. The molecule has 342 valence electrons. The van der Waals surface area contributed by atoms with Gasteiger partial charge < -0.3 is 64.5 Å². The van der Waals surface area contributed by atoms with Crippen LogP contribution in [0.3, 0.4) is 0 Å². The molecule has 0 spiro atoms. The molecule has 0 aromatic carbocycles. The summed E-state index contributed by atoms with van der Waals surface area (Å²) in [5.74, 6) is 3.61. The number of aliphatic hydroxyl groups is 8. The molecule has 9 rings (SSSR count). The Labute approximate surface area is 355 Å². The number of nitrogens with zero attached hydrogens (tertiary/aromatic N) is 1. The van der Waals surface area contributed by atoms with Crippen LogP contribution in [0, 0.1) is 52.3 Å². The predicted octanol–water partition coefficient (Wildman–Crippen LogP) is 1.85. The van der Waals surface area contributed by atoms with Crippen molar-refractivity contribution in [3.63, 3.8) is 0 Å². The monoisotopic (exact) mass is 850 g/mol. The van der Waals surface area contributed by atoms with Crippen LogP contribution in [-0.4, -0.2) is 163 Å². The van der Waals surface area contributed by atoms with E-state index in [0.717, 1.165) is 55.4 Å². The molecule has 26 atom stereocenters. The van der Waals surface area contributed by atoms with E-state index in [4.69, 9.17) is 23.7 Å². The van der Waals surface area contributed by atoms with Crippen molar-refractivity contribution in [2.75, 3.05) is 13.2 Å². The van der Waals surface area contributed by atoms with E-state index in [1.807, 2.05) is 0 Å². The number of aliphatic hydroxyl groups excluding tert-OH is 8. The summed E-state index contributed by atoms with van der Waals surface area (Å²) < 4.78 is 31.3. The largest absolute Gasteiger partial charge is 0.396 e. The predicted molar refractivity (Wildman–Crippen MR) is 217 cm³/mol. The van der Waals surface area contributed by atoms with E-state index in [9.17, 15) is 40.9 Å². The fraction of sp³-hybridized carbons (Fsp3) is 0.957. The normalized spacial score (nSPS) is 58.1. The average Bonchev–Trinajstić information content (AvgIpc) is 3.69. The van der Waals surface area contributed by atoms with Crippen molar-refractivity contribution in [2.24, 2.45) is 52.3 Å². The fourth-order valence-electron chi connectivity index (χ4n) is 15.2. The Kier molecular flexibility index (Phi) is 12.2. The van der Waals surface area contributed by atoms with Crippen molar-refractivity contribution in [1.29, 1.82) is 0 Å². The van der Waals surface area contributed by atoms with Crippen LogP contribution in [0.4, 0.5) is 0 Å². The lowest BCUT2D eigenvalue weighted by Crippen LogP contribution is -2.65. The second-order valence-electron chi connectivity index (χ2n) is 21.7. The van der Waals surface area contributed by atoms with Gasteiger partial charge in [-0.3, -0.25) is 4.90 Å². The number of ether oxygens (including phenoxy) is 5. The van der Waals surface area contributed by atoms with Gasteiger partial charge in [-0.25, -0.2) is 0 Å². The maximum atomic E-state index is 11.7. The summed E-state index contributed by atoms with van der Waals surface area (Å²) in [5, 5.41) is 86.3. The van der Waals surface area contributed by atoms with Gasteiger partial charge >= 0.3 is 0 Å². The molecule has 14 nitrogen and oxygen atoms in total. The molecular weight excluding hydrogens is 775 g/mol. The van der Waals surface area contributed by atoms with Gasteiger partial charge in [0, 0.05) is 31.2 Å². The summed E-state index contributed by atoms with van der Waals surface area (Å²) in [7, 11) is 0. The van der Waals surface area contributed by atoms with Crippen molar-refractivity contribution in [1.82, 2.24) is 4.90 Å². The van der Waals surface area contributed by atoms with Crippen LogP contribution in [0.25, 0.3) is 0 Å². The Bertz CT molecular complexity index is 1570. The molecule has 0 aromatic rings. The fourth-order valence-corrected chi connectivity index (χ4v) is 15.2. The summed E-state index contributed by atoms with van der Waals surface area (Å²) in [6.07, 6.45) is -6.01. The second-order valence-corrected chi connectivity index (χ2v) is 21.7. The summed E-state index contributed by atoms with van der Waals surface area (Å²) >= 11 is 0. The topological polar surface area (TPSA) is 211 Å². The number of hydrogen-bond acceptors (Lipinski definition) is 14. The van der Waals surface area contributed by atoms with Crippen LogP contribution in [0.15, 0.2) is 11.6 Å². The maximum absolute atomic E-state index is 11.7. The highest BCUT2D eigenvalue weighted by Crippen LogP contribution is 2.70. The Hall–Kier alpha value is -0.820. The van der Waals surface area contributed by atoms with Gasteiger partial charge in [0.05, 0.1) is 30.5 Å². The molecule has 8 N–H and O–H groups in total. The molecule has 60 heavy (non-hydrogen) atoms. The minimum atomic E-state index is -1.68. The standard InChI is InChI=1S/C46H75NO13/c1-20-7-10-30-21(2)33-31(47(30)18-20)17-29-27-9-8-25-16-26(11-13-45(25,5)28(27)12-14-46(29,33)6)58-32-15-24(19-48)36(51)42(60-44-40(55)38(53)35(50)23(4)57-44)41(32)59-43-39(54)37(52)34(49)22(3)56-43/h8,20-24,26-44,48-55H,7,9-19H2,1-6H3/t20-,21+,22?,23?,24?,26?,27?,28?,29?,30?,31?,32?,33?,34?,35?,36?,37?,38?,39?,40?,41?,42?,43?,44?,45-,46-/m0/s1. The number of hydrogen-bond donors (Lipinski definition) is 8. The molecule has 4 aliphatic heterocycles. The Morgan fingerprint density at radius 1 is 0.700 bits per heavy atom. The van der Waals surface area contributed by atoms with Gasteiger partial charge in [-0.1, -0.05) is 39.3 Å². The lowest BCUT2D eigenvalue weighted by molar-refractivity contribution is -0.359. The molecule has 9 aliphatic rings. The van der Waals surface area contributed by atoms with E-state index >= 15 is 0 Å². The third kappa shape index (κ3) is 7.12. The Morgan fingerprint density at radius 3 is 2.00 bits per heavy atom. The zero-order valence-corrected chi connectivity index (χ0v) is 36.5. The zero-order valence-electron chi connectivity index (χ0n) is 36.5. The molecule has 22 unspecified atom stereocenters. The van der Waals surface area contributed by atoms with Gasteiger partial charge in [0.25, 0.3) is 0 Å². The highest BCUT2D eigenvalue weighted by Gasteiger charge is 2.66. The van der Waals surface area contributed by atoms with E-state index in [-0.39, 0.29) is 17.9 Å². The zero-order chi connectivity index (χ0) is 42.7. The first-order valence-corrected chi connectivity index (χ1v) is 23.6. The van der Waals surface area contributed by atoms with E-state index in [0.29, 0.717) is 23.3 Å². The summed E-state index contributed by atoms with van der Waals surface area (Å²) in [6.45, 7) is 14.1. The molecule has 4 saturated heterocycles. The molecule has 8 fully saturated rings. The lowest BCUT2D eigenvalue weighted by Gasteiger charge is -2.58. The van der Waals surface area contributed by atoms with Crippen molar-refractivity contribution >= 4 is 0 Å². The Morgan fingerprint density at radius 2 is 1.35 bits per heavy atom. The SMILES string of the molecule is CC1OC(OC2C(OC3CC[C@@]4(C)C(=CCC5C6CC7C([C@H](C)C8CC[C@H](C)CN78)[C@@]6(C)CCC54)C3)CC(CO)C(O)C2OC2OC(C)C(O)C(O)C2O)C(O)C(O)C1O. The summed E-state index contributed by atoms with van der Waals surface area (Å²) in [6, 6.07) is 1.47. The van der Waals surface area contributed by atoms with Gasteiger partial charge in [0.15, 0.2) is 12.6 Å². The third-order valence-corrected chi connectivity index (χ3v) is 18.5. The van der Waals surface area contributed by atoms with Gasteiger partial charge in [0.1, 0.15) is 48.8 Å². The maximum Gasteiger partial charge on any atom is 0.187 e. The Balaban J connectivity index is 0.950.